The van der Waals surface area contributed by atoms with Gasteiger partial charge >= 0.3 is 0 Å². The van der Waals surface area contributed by atoms with Gasteiger partial charge in [0.2, 0.25) is 0 Å². The first-order chi connectivity index (χ1) is 10.6. The second-order valence-corrected chi connectivity index (χ2v) is 8.01. The Balaban J connectivity index is 1.91. The lowest BCUT2D eigenvalue weighted by Crippen LogP contribution is -2.50. The van der Waals surface area contributed by atoms with Crippen LogP contribution in [0.3, 0.4) is 0 Å². The van der Waals surface area contributed by atoms with Gasteiger partial charge in [0.15, 0.2) is 5.96 Å². The molecule has 0 saturated carbocycles. The Bertz CT molecular complexity index is 501. The minimum atomic E-state index is -0.152. The number of rotatable bonds is 5. The zero-order valence-corrected chi connectivity index (χ0v) is 15.8. The Labute approximate surface area is 144 Å². The van der Waals surface area contributed by atoms with Crippen molar-refractivity contribution >= 4 is 33.2 Å². The maximum atomic E-state index is 5.75. The highest BCUT2D eigenvalue weighted by Gasteiger charge is 2.32. The fourth-order valence-corrected chi connectivity index (χ4v) is 4.10. The van der Waals surface area contributed by atoms with Crippen LogP contribution in [0.5, 0.6) is 0 Å². The van der Waals surface area contributed by atoms with Crippen LogP contribution in [0.4, 0.5) is 0 Å². The highest BCUT2D eigenvalue weighted by Crippen LogP contribution is 2.24. The highest BCUT2D eigenvalue weighted by atomic mass is 79.9. The Morgan fingerprint density at radius 3 is 2.77 bits per heavy atom. The number of thiophene rings is 1. The molecule has 1 N–H and O–H groups in total. The van der Waals surface area contributed by atoms with Gasteiger partial charge in [-0.3, -0.25) is 4.99 Å². The lowest BCUT2D eigenvalue weighted by Gasteiger charge is -2.37. The molecule has 2 rings (SSSR count). The molecule has 5 nitrogen and oxygen atoms in total. The van der Waals surface area contributed by atoms with Gasteiger partial charge < -0.3 is 19.7 Å². The molecular weight excluding hydrogens is 366 g/mol. The highest BCUT2D eigenvalue weighted by molar-refractivity contribution is 9.11. The third kappa shape index (κ3) is 4.68. The molecule has 1 aliphatic heterocycles. The van der Waals surface area contributed by atoms with E-state index in [1.54, 1.807) is 18.4 Å². The van der Waals surface area contributed by atoms with E-state index in [0.29, 0.717) is 0 Å². The molecule has 0 amide bonds. The molecular formula is C15H24BrN3O2S. The molecule has 1 aromatic rings. The van der Waals surface area contributed by atoms with Crippen molar-refractivity contribution < 1.29 is 9.47 Å². The Morgan fingerprint density at radius 2 is 2.23 bits per heavy atom. The van der Waals surface area contributed by atoms with E-state index in [1.807, 2.05) is 14.1 Å². The average Bonchev–Trinajstić information content (AvgIpc) is 2.94. The molecule has 0 spiro atoms. The van der Waals surface area contributed by atoms with Crippen LogP contribution in [0.25, 0.3) is 0 Å². The summed E-state index contributed by atoms with van der Waals surface area (Å²) in [6.07, 6.45) is 1.82. The minimum absolute atomic E-state index is 0.152. The molecule has 124 valence electrons. The summed E-state index contributed by atoms with van der Waals surface area (Å²) in [5, 5.41) is 3.45. The molecule has 1 aromatic heterocycles. The third-order valence-electron chi connectivity index (χ3n) is 4.00. The van der Waals surface area contributed by atoms with Crippen molar-refractivity contribution in [2.24, 2.45) is 4.99 Å². The fourth-order valence-electron chi connectivity index (χ4n) is 2.57. The van der Waals surface area contributed by atoms with Gasteiger partial charge in [-0.15, -0.1) is 11.3 Å². The minimum Gasteiger partial charge on any atom is -0.381 e. The van der Waals surface area contributed by atoms with Crippen molar-refractivity contribution in [3.63, 3.8) is 0 Å². The molecule has 1 fully saturated rings. The second-order valence-electron chi connectivity index (χ2n) is 5.46. The van der Waals surface area contributed by atoms with Gasteiger partial charge in [0.05, 0.1) is 15.9 Å². The van der Waals surface area contributed by atoms with Crippen LogP contribution in [0.1, 0.15) is 17.7 Å². The number of ether oxygens (including phenoxy) is 2. The Morgan fingerprint density at radius 1 is 1.50 bits per heavy atom. The lowest BCUT2D eigenvalue weighted by atomic mass is 9.94. The van der Waals surface area contributed by atoms with E-state index >= 15 is 0 Å². The Kier molecular flexibility index (Phi) is 6.67. The van der Waals surface area contributed by atoms with Crippen LogP contribution in [-0.4, -0.2) is 57.4 Å². The van der Waals surface area contributed by atoms with Crippen molar-refractivity contribution in [2.75, 3.05) is 41.0 Å². The number of hydrogen-bond acceptors (Lipinski definition) is 4. The first kappa shape index (κ1) is 17.7. The summed E-state index contributed by atoms with van der Waals surface area (Å²) in [7, 11) is 5.64. The van der Waals surface area contributed by atoms with Crippen molar-refractivity contribution in [3.8, 4) is 0 Å². The van der Waals surface area contributed by atoms with Gasteiger partial charge in [-0.05, 0) is 28.1 Å². The largest absolute Gasteiger partial charge is 0.381 e. The maximum absolute atomic E-state index is 5.75. The summed E-state index contributed by atoms with van der Waals surface area (Å²) in [6.45, 7) is 3.09. The topological polar surface area (TPSA) is 46.1 Å². The molecule has 0 aromatic carbocycles. The molecule has 2 heterocycles. The number of hydrogen-bond donors (Lipinski definition) is 1. The number of nitrogens with one attached hydrogen (secondary N) is 1. The van der Waals surface area contributed by atoms with Gasteiger partial charge in [-0.1, -0.05) is 0 Å². The van der Waals surface area contributed by atoms with Gasteiger partial charge in [-0.2, -0.15) is 0 Å². The van der Waals surface area contributed by atoms with Gasteiger partial charge in [0.1, 0.15) is 0 Å². The van der Waals surface area contributed by atoms with E-state index in [4.69, 9.17) is 9.47 Å². The quantitative estimate of drug-likeness (QED) is 0.621. The number of halogens is 1. The molecule has 0 radical (unpaired) electrons. The smallest absolute Gasteiger partial charge is 0.193 e. The van der Waals surface area contributed by atoms with Gasteiger partial charge in [0.25, 0.3) is 0 Å². The Hall–Kier alpha value is -0.630. The zero-order valence-electron chi connectivity index (χ0n) is 13.4. The van der Waals surface area contributed by atoms with Crippen molar-refractivity contribution in [3.05, 3.63) is 20.8 Å². The molecule has 1 aliphatic rings. The van der Waals surface area contributed by atoms with Crippen LogP contribution >= 0.6 is 27.3 Å². The lowest BCUT2D eigenvalue weighted by molar-refractivity contribution is -0.0857. The van der Waals surface area contributed by atoms with Crippen LogP contribution in [0.15, 0.2) is 20.9 Å². The third-order valence-corrected chi connectivity index (χ3v) is 5.61. The number of nitrogens with zero attached hydrogens (tertiary/aromatic N) is 2. The van der Waals surface area contributed by atoms with Crippen molar-refractivity contribution in [1.82, 2.24) is 10.2 Å². The number of methoxy groups -OCH3 is 1. The molecule has 7 heteroatoms. The molecule has 0 atom stereocenters. The van der Waals surface area contributed by atoms with E-state index in [9.17, 15) is 0 Å². The number of aliphatic imine (C=N–C) groups is 1. The zero-order chi connectivity index (χ0) is 16.0. The summed E-state index contributed by atoms with van der Waals surface area (Å²) < 4.78 is 12.3. The predicted octanol–water partition coefficient (Wildman–Crippen LogP) is 2.71. The monoisotopic (exact) mass is 389 g/mol. The van der Waals surface area contributed by atoms with Crippen LogP contribution < -0.4 is 5.32 Å². The molecule has 0 bridgehead atoms. The summed E-state index contributed by atoms with van der Waals surface area (Å²) in [5.41, 5.74) is -0.152. The standard InChI is InChI=1S/C15H24BrN3O2S/c1-17-14(19(2)10-12-4-5-13(16)22-12)18-11-15(20-3)6-8-21-9-7-15/h4-5H,6-11H2,1-3H3,(H,17,18). The van der Waals surface area contributed by atoms with E-state index < -0.39 is 0 Å². The molecule has 0 unspecified atom stereocenters. The average molecular weight is 390 g/mol. The second kappa shape index (κ2) is 8.29. The maximum Gasteiger partial charge on any atom is 0.193 e. The predicted molar refractivity (Wildman–Crippen MR) is 94.6 cm³/mol. The normalized spacial score (nSPS) is 18.3. The first-order valence-corrected chi connectivity index (χ1v) is 8.98. The summed E-state index contributed by atoms with van der Waals surface area (Å²) in [5.74, 6) is 0.882. The summed E-state index contributed by atoms with van der Waals surface area (Å²) >= 11 is 5.25. The molecule has 1 saturated heterocycles. The molecule has 0 aliphatic carbocycles. The van der Waals surface area contributed by atoms with Crippen LogP contribution in [-0.2, 0) is 16.0 Å². The number of guanidine groups is 1. The van der Waals surface area contributed by atoms with Crippen molar-refractivity contribution in [1.29, 1.82) is 0 Å². The van der Waals surface area contributed by atoms with Gasteiger partial charge in [-0.25, -0.2) is 0 Å². The van der Waals surface area contributed by atoms with E-state index in [2.05, 4.69) is 43.3 Å². The van der Waals surface area contributed by atoms with E-state index in [0.717, 1.165) is 48.9 Å². The van der Waals surface area contributed by atoms with E-state index in [1.165, 1.54) is 4.88 Å². The van der Waals surface area contributed by atoms with Crippen LogP contribution in [0.2, 0.25) is 0 Å². The fraction of sp³-hybridized carbons (Fsp3) is 0.667. The summed E-state index contributed by atoms with van der Waals surface area (Å²) in [6, 6.07) is 4.21. The summed E-state index contributed by atoms with van der Waals surface area (Å²) in [4.78, 5) is 7.80. The van der Waals surface area contributed by atoms with E-state index in [-0.39, 0.29) is 5.60 Å². The molecule has 22 heavy (non-hydrogen) atoms. The first-order valence-electron chi connectivity index (χ1n) is 7.37. The van der Waals surface area contributed by atoms with Crippen LogP contribution in [0, 0.1) is 0 Å². The SMILES string of the molecule is CN=C(NCC1(OC)CCOCC1)N(C)Cc1ccc(Br)s1. The van der Waals surface area contributed by atoms with Crippen molar-refractivity contribution in [2.45, 2.75) is 25.0 Å². The van der Waals surface area contributed by atoms with Gasteiger partial charge in [0, 0.05) is 58.7 Å².